The molecule has 0 radical (unpaired) electrons. The second-order valence-corrected chi connectivity index (χ2v) is 8.09. The van der Waals surface area contributed by atoms with Crippen molar-refractivity contribution >= 4 is 33.8 Å². The Morgan fingerprint density at radius 3 is 2.74 bits per heavy atom. The van der Waals surface area contributed by atoms with E-state index in [9.17, 15) is 0 Å². The fraction of sp³-hybridized carbons (Fsp3) is 0.409. The second-order valence-electron chi connectivity index (χ2n) is 8.09. The summed E-state index contributed by atoms with van der Waals surface area (Å²) in [5, 5.41) is 1.13. The summed E-state index contributed by atoms with van der Waals surface area (Å²) in [6.45, 7) is 7.24. The third-order valence-corrected chi connectivity index (χ3v) is 6.10. The van der Waals surface area contributed by atoms with Gasteiger partial charge in [-0.1, -0.05) is 12.1 Å². The Balaban J connectivity index is 1.52. The fourth-order valence-corrected chi connectivity index (χ4v) is 4.44. The number of hydrogen-bond donors (Lipinski definition) is 2. The van der Waals surface area contributed by atoms with E-state index in [1.54, 1.807) is 0 Å². The molecule has 160 valence electrons. The zero-order chi connectivity index (χ0) is 20.8. The van der Waals surface area contributed by atoms with E-state index in [0.717, 1.165) is 64.9 Å². The molecule has 2 fully saturated rings. The molecule has 31 heavy (non-hydrogen) atoms. The molecule has 9 heteroatoms. The van der Waals surface area contributed by atoms with Gasteiger partial charge in [-0.15, -0.1) is 0 Å². The summed E-state index contributed by atoms with van der Waals surface area (Å²) in [5.41, 5.74) is 3.69. The van der Waals surface area contributed by atoms with Crippen LogP contribution in [0.2, 0.25) is 0 Å². The van der Waals surface area contributed by atoms with Crippen molar-refractivity contribution in [3.63, 3.8) is 0 Å². The SMILES string of the molecule is C[C@@H]1COCCN1c1nc(N2CCOCC2)c2nc(-c3cccc4[nH]ccc34)[nH]c2n1. The zero-order valence-electron chi connectivity index (χ0n) is 17.5. The van der Waals surface area contributed by atoms with Crippen molar-refractivity contribution in [1.29, 1.82) is 0 Å². The predicted molar refractivity (Wildman–Crippen MR) is 120 cm³/mol. The highest BCUT2D eigenvalue weighted by Gasteiger charge is 2.26. The van der Waals surface area contributed by atoms with Crippen LogP contribution < -0.4 is 9.80 Å². The van der Waals surface area contributed by atoms with E-state index in [2.05, 4.69) is 44.9 Å². The van der Waals surface area contributed by atoms with Gasteiger partial charge in [0.05, 0.1) is 32.5 Å². The van der Waals surface area contributed by atoms with Gasteiger partial charge in [-0.2, -0.15) is 9.97 Å². The van der Waals surface area contributed by atoms with Crippen molar-refractivity contribution in [2.75, 3.05) is 55.9 Å². The monoisotopic (exact) mass is 419 g/mol. The zero-order valence-corrected chi connectivity index (χ0v) is 17.5. The van der Waals surface area contributed by atoms with Crippen molar-refractivity contribution in [1.82, 2.24) is 24.9 Å². The summed E-state index contributed by atoms with van der Waals surface area (Å²) < 4.78 is 11.2. The maximum absolute atomic E-state index is 5.62. The largest absolute Gasteiger partial charge is 0.378 e. The number of aromatic nitrogens is 5. The Kier molecular flexibility index (Phi) is 4.50. The van der Waals surface area contributed by atoms with Crippen molar-refractivity contribution in [2.24, 2.45) is 0 Å². The molecule has 2 aliphatic heterocycles. The third kappa shape index (κ3) is 3.21. The summed E-state index contributed by atoms with van der Waals surface area (Å²) in [6, 6.07) is 8.49. The average Bonchev–Trinajstić information content (AvgIpc) is 3.46. The van der Waals surface area contributed by atoms with Gasteiger partial charge in [0.15, 0.2) is 17.0 Å². The van der Waals surface area contributed by atoms with Crippen molar-refractivity contribution in [3.05, 3.63) is 30.5 Å². The van der Waals surface area contributed by atoms with Crippen LogP contribution in [0, 0.1) is 0 Å². The lowest BCUT2D eigenvalue weighted by Gasteiger charge is -2.34. The van der Waals surface area contributed by atoms with E-state index in [-0.39, 0.29) is 6.04 Å². The van der Waals surface area contributed by atoms with Crippen LogP contribution in [0.1, 0.15) is 6.92 Å². The number of nitrogens with one attached hydrogen (secondary N) is 2. The molecule has 6 rings (SSSR count). The Morgan fingerprint density at radius 2 is 1.87 bits per heavy atom. The van der Waals surface area contributed by atoms with Crippen molar-refractivity contribution in [3.8, 4) is 11.4 Å². The van der Waals surface area contributed by atoms with Crippen LogP contribution in [0.3, 0.4) is 0 Å². The molecule has 2 aliphatic rings. The number of aromatic amines is 2. The van der Waals surface area contributed by atoms with Crippen LogP contribution >= 0.6 is 0 Å². The number of benzene rings is 1. The molecule has 0 spiro atoms. The van der Waals surface area contributed by atoms with Gasteiger partial charge in [0.2, 0.25) is 5.95 Å². The highest BCUT2D eigenvalue weighted by molar-refractivity contribution is 5.96. The number of rotatable bonds is 3. The van der Waals surface area contributed by atoms with E-state index < -0.39 is 0 Å². The second kappa shape index (κ2) is 7.51. The number of fused-ring (bicyclic) bond motifs is 2. The summed E-state index contributed by atoms with van der Waals surface area (Å²) in [7, 11) is 0. The lowest BCUT2D eigenvalue weighted by Crippen LogP contribution is -2.45. The fourth-order valence-electron chi connectivity index (χ4n) is 4.44. The quantitative estimate of drug-likeness (QED) is 0.527. The first-order chi connectivity index (χ1) is 15.3. The summed E-state index contributed by atoms with van der Waals surface area (Å²) in [4.78, 5) is 26.1. The van der Waals surface area contributed by atoms with Crippen molar-refractivity contribution < 1.29 is 9.47 Å². The van der Waals surface area contributed by atoms with Crippen LogP contribution in [0.4, 0.5) is 11.8 Å². The van der Waals surface area contributed by atoms with Gasteiger partial charge < -0.3 is 29.2 Å². The predicted octanol–water partition coefficient (Wildman–Crippen LogP) is 2.56. The molecule has 2 saturated heterocycles. The van der Waals surface area contributed by atoms with Crippen LogP contribution in [0.5, 0.6) is 0 Å². The number of ether oxygens (including phenoxy) is 2. The highest BCUT2D eigenvalue weighted by atomic mass is 16.5. The first kappa shape index (κ1) is 18.6. The van der Waals surface area contributed by atoms with Gasteiger partial charge in [0, 0.05) is 42.3 Å². The Morgan fingerprint density at radius 1 is 1.00 bits per heavy atom. The van der Waals surface area contributed by atoms with Crippen LogP contribution in [-0.4, -0.2) is 77.0 Å². The van der Waals surface area contributed by atoms with E-state index in [0.29, 0.717) is 26.4 Å². The summed E-state index contributed by atoms with van der Waals surface area (Å²) in [6.07, 6.45) is 1.95. The molecular weight excluding hydrogens is 394 g/mol. The number of imidazole rings is 1. The maximum atomic E-state index is 5.62. The average molecular weight is 419 g/mol. The molecule has 0 bridgehead atoms. The van der Waals surface area contributed by atoms with Crippen LogP contribution in [0.15, 0.2) is 30.5 Å². The lowest BCUT2D eigenvalue weighted by atomic mass is 10.1. The Hall–Kier alpha value is -3.17. The Labute approximate surface area is 179 Å². The molecule has 0 amide bonds. The molecule has 2 N–H and O–H groups in total. The lowest BCUT2D eigenvalue weighted by molar-refractivity contribution is 0.0981. The smallest absolute Gasteiger partial charge is 0.229 e. The van der Waals surface area contributed by atoms with Crippen LogP contribution in [0.25, 0.3) is 33.5 Å². The van der Waals surface area contributed by atoms with Crippen LogP contribution in [-0.2, 0) is 9.47 Å². The number of hydrogen-bond acceptors (Lipinski definition) is 7. The van der Waals surface area contributed by atoms with Gasteiger partial charge in [-0.3, -0.25) is 0 Å². The number of H-pyrrole nitrogens is 2. The van der Waals surface area contributed by atoms with Gasteiger partial charge in [-0.05, 0) is 19.1 Å². The molecule has 5 heterocycles. The van der Waals surface area contributed by atoms with E-state index in [1.807, 2.05) is 12.3 Å². The summed E-state index contributed by atoms with van der Waals surface area (Å²) >= 11 is 0. The molecule has 0 aliphatic carbocycles. The van der Waals surface area contributed by atoms with E-state index in [4.69, 9.17) is 24.4 Å². The molecule has 4 aromatic rings. The minimum absolute atomic E-state index is 0.222. The first-order valence-corrected chi connectivity index (χ1v) is 10.8. The third-order valence-electron chi connectivity index (χ3n) is 6.10. The maximum Gasteiger partial charge on any atom is 0.229 e. The molecule has 1 atom stereocenters. The molecule has 9 nitrogen and oxygen atoms in total. The van der Waals surface area contributed by atoms with Gasteiger partial charge >= 0.3 is 0 Å². The van der Waals surface area contributed by atoms with Gasteiger partial charge in [0.25, 0.3) is 0 Å². The van der Waals surface area contributed by atoms with Crippen molar-refractivity contribution in [2.45, 2.75) is 13.0 Å². The van der Waals surface area contributed by atoms with E-state index >= 15 is 0 Å². The summed E-state index contributed by atoms with van der Waals surface area (Å²) in [5.74, 6) is 2.39. The Bertz CT molecular complexity index is 1230. The number of nitrogens with zero attached hydrogens (tertiary/aromatic N) is 5. The van der Waals surface area contributed by atoms with Gasteiger partial charge in [-0.25, -0.2) is 4.98 Å². The van der Waals surface area contributed by atoms with Gasteiger partial charge in [0.1, 0.15) is 5.82 Å². The molecule has 1 aromatic carbocycles. The minimum atomic E-state index is 0.222. The molecular formula is C22H25N7O2. The molecule has 0 saturated carbocycles. The standard InChI is InChI=1S/C22H25N7O2/c1-14-13-31-12-9-29(14)22-26-20-18(21(27-22)28-7-10-30-11-8-28)24-19(25-20)16-3-2-4-17-15(16)5-6-23-17/h2-6,14,23H,7-13H2,1H3,(H,24,25,26,27)/t14-/m1/s1. The number of anilines is 2. The molecule has 3 aromatic heterocycles. The topological polar surface area (TPSA) is 95.2 Å². The first-order valence-electron chi connectivity index (χ1n) is 10.8. The highest BCUT2D eigenvalue weighted by Crippen LogP contribution is 2.32. The van der Waals surface area contributed by atoms with E-state index in [1.165, 1.54) is 0 Å². The molecule has 0 unspecified atom stereocenters. The number of morpholine rings is 2. The normalized spacial score (nSPS) is 20.1. The minimum Gasteiger partial charge on any atom is -0.378 e.